The summed E-state index contributed by atoms with van der Waals surface area (Å²) in [6.07, 6.45) is 20.4. The molecule has 1 fully saturated rings. The van der Waals surface area contributed by atoms with Crippen molar-refractivity contribution in [2.24, 2.45) is 5.92 Å². The normalized spacial score (nSPS) is 17.9. The van der Waals surface area contributed by atoms with E-state index in [1.54, 1.807) is 0 Å². The van der Waals surface area contributed by atoms with Crippen molar-refractivity contribution in [3.8, 4) is 0 Å². The molecule has 1 aliphatic carbocycles. The van der Waals surface area contributed by atoms with E-state index in [1.807, 2.05) is 0 Å². The van der Waals surface area contributed by atoms with Gasteiger partial charge in [-0.2, -0.15) is 0 Å². The van der Waals surface area contributed by atoms with Gasteiger partial charge < -0.3 is 0 Å². The molecule has 0 heterocycles. The van der Waals surface area contributed by atoms with Crippen LogP contribution in [0.15, 0.2) is 0 Å². The average molecular weight is 266 g/mol. The van der Waals surface area contributed by atoms with Crippen LogP contribution in [0.5, 0.6) is 0 Å². The van der Waals surface area contributed by atoms with Crippen LogP contribution in [0.3, 0.4) is 0 Å². The zero-order valence-corrected chi connectivity index (χ0v) is 13.1. The van der Waals surface area contributed by atoms with E-state index in [-0.39, 0.29) is 0 Å². The molecule has 1 unspecified atom stereocenters. The van der Waals surface area contributed by atoms with Crippen LogP contribution in [0.2, 0.25) is 0 Å². The summed E-state index contributed by atoms with van der Waals surface area (Å²) in [5.41, 5.74) is 0. The van der Waals surface area contributed by atoms with Crippen LogP contribution in [-0.2, 0) is 4.79 Å². The van der Waals surface area contributed by atoms with Crippen LogP contribution < -0.4 is 0 Å². The molecule has 0 aromatic heterocycles. The Hall–Kier alpha value is -0.330. The summed E-state index contributed by atoms with van der Waals surface area (Å²) in [4.78, 5) is 10.8. The van der Waals surface area contributed by atoms with Crippen molar-refractivity contribution in [1.29, 1.82) is 0 Å². The first-order chi connectivity index (χ1) is 9.34. The molecule has 1 heteroatoms. The molecule has 0 aromatic rings. The fraction of sp³-hybridized carbons (Fsp3) is 0.944. The van der Waals surface area contributed by atoms with E-state index < -0.39 is 0 Å². The number of carbonyl (C=O) groups excluding carboxylic acids is 1. The summed E-state index contributed by atoms with van der Waals surface area (Å²) < 4.78 is 0. The molecular formula is C18H34O. The van der Waals surface area contributed by atoms with Gasteiger partial charge in [0.1, 0.15) is 5.78 Å². The van der Waals surface area contributed by atoms with Crippen LogP contribution in [0, 0.1) is 5.92 Å². The Morgan fingerprint density at radius 1 is 0.737 bits per heavy atom. The number of Topliss-reactive ketones (excluding diaryl/α,β-unsaturated/α-hetero) is 1. The Morgan fingerprint density at radius 3 is 1.47 bits per heavy atom. The highest BCUT2D eigenvalue weighted by molar-refractivity contribution is 5.95. The van der Waals surface area contributed by atoms with Gasteiger partial charge in [-0.3, -0.25) is 4.79 Å². The topological polar surface area (TPSA) is 17.1 Å². The zero-order valence-electron chi connectivity index (χ0n) is 13.1. The maximum atomic E-state index is 10.8. The van der Waals surface area contributed by atoms with Crippen LogP contribution in [0.1, 0.15) is 103 Å². The Labute approximate surface area is 120 Å². The minimum Gasteiger partial charge on any atom is -0.299 e. The fourth-order valence-electron chi connectivity index (χ4n) is 2.86. The van der Waals surface area contributed by atoms with Gasteiger partial charge in [0, 0.05) is 12.3 Å². The van der Waals surface area contributed by atoms with E-state index >= 15 is 0 Å². The van der Waals surface area contributed by atoms with Gasteiger partial charge in [0.05, 0.1) is 0 Å². The molecule has 19 heavy (non-hydrogen) atoms. The molecule has 0 spiro atoms. The van der Waals surface area contributed by atoms with Gasteiger partial charge in [-0.15, -0.1) is 0 Å². The summed E-state index contributed by atoms with van der Waals surface area (Å²) in [5, 5.41) is 0. The molecule has 0 aliphatic heterocycles. The number of unbranched alkanes of at least 4 members (excludes halogenated alkanes) is 12. The smallest absolute Gasteiger partial charge is 0.137 e. The molecule has 1 atom stereocenters. The second kappa shape index (κ2) is 11.5. The Bertz CT molecular complexity index is 222. The van der Waals surface area contributed by atoms with E-state index in [4.69, 9.17) is 0 Å². The number of ketones is 1. The van der Waals surface area contributed by atoms with E-state index in [0.29, 0.717) is 11.7 Å². The third-order valence-corrected chi connectivity index (χ3v) is 4.40. The molecule has 0 aromatic carbocycles. The summed E-state index contributed by atoms with van der Waals surface area (Å²) in [7, 11) is 0. The number of hydrogen-bond acceptors (Lipinski definition) is 1. The third kappa shape index (κ3) is 10.2. The standard InChI is InChI=1S/C18H34O/c1-2-3-4-5-6-7-8-9-10-11-12-13-14-15-17-16-18(17)19/h17H,2-16H2,1H3. The molecule has 0 bridgehead atoms. The van der Waals surface area contributed by atoms with Gasteiger partial charge in [0.25, 0.3) is 0 Å². The Kier molecular flexibility index (Phi) is 10.1. The third-order valence-electron chi connectivity index (χ3n) is 4.40. The SMILES string of the molecule is CCCCCCCCCCCCCCCC1CC1=O. The highest BCUT2D eigenvalue weighted by Crippen LogP contribution is 2.29. The first-order valence-corrected chi connectivity index (χ1v) is 8.87. The summed E-state index contributed by atoms with van der Waals surface area (Å²) in [5.74, 6) is 0.992. The summed E-state index contributed by atoms with van der Waals surface area (Å²) in [6, 6.07) is 0. The quantitative estimate of drug-likeness (QED) is 0.349. The highest BCUT2D eigenvalue weighted by atomic mass is 16.1. The zero-order chi connectivity index (χ0) is 13.8. The average Bonchev–Trinajstić information content (AvgIpc) is 3.11. The van der Waals surface area contributed by atoms with E-state index in [0.717, 1.165) is 6.42 Å². The van der Waals surface area contributed by atoms with Gasteiger partial charge in [-0.1, -0.05) is 90.4 Å². The number of rotatable bonds is 14. The number of hydrogen-bond donors (Lipinski definition) is 0. The summed E-state index contributed by atoms with van der Waals surface area (Å²) >= 11 is 0. The second-order valence-corrected chi connectivity index (χ2v) is 6.40. The Morgan fingerprint density at radius 2 is 1.11 bits per heavy atom. The first kappa shape index (κ1) is 16.7. The molecule has 0 amide bonds. The lowest BCUT2D eigenvalue weighted by atomic mass is 10.0. The van der Waals surface area contributed by atoms with Crippen molar-refractivity contribution in [3.63, 3.8) is 0 Å². The van der Waals surface area contributed by atoms with Crippen LogP contribution in [0.4, 0.5) is 0 Å². The van der Waals surface area contributed by atoms with Crippen molar-refractivity contribution in [2.75, 3.05) is 0 Å². The van der Waals surface area contributed by atoms with Crippen LogP contribution >= 0.6 is 0 Å². The first-order valence-electron chi connectivity index (χ1n) is 8.87. The van der Waals surface area contributed by atoms with E-state index in [9.17, 15) is 4.79 Å². The summed E-state index contributed by atoms with van der Waals surface area (Å²) in [6.45, 7) is 2.28. The lowest BCUT2D eigenvalue weighted by Crippen LogP contribution is -1.84. The van der Waals surface area contributed by atoms with Crippen molar-refractivity contribution >= 4 is 5.78 Å². The van der Waals surface area contributed by atoms with Crippen molar-refractivity contribution in [1.82, 2.24) is 0 Å². The Balaban J connectivity index is 1.64. The monoisotopic (exact) mass is 266 g/mol. The predicted octanol–water partition coefficient (Wildman–Crippen LogP) is 6.06. The minimum atomic E-state index is 0.479. The molecular weight excluding hydrogens is 232 g/mol. The largest absolute Gasteiger partial charge is 0.299 e. The minimum absolute atomic E-state index is 0.479. The maximum absolute atomic E-state index is 10.8. The number of carbonyl (C=O) groups is 1. The lowest BCUT2D eigenvalue weighted by Gasteiger charge is -2.02. The van der Waals surface area contributed by atoms with Gasteiger partial charge in [0.15, 0.2) is 0 Å². The molecule has 0 saturated heterocycles. The van der Waals surface area contributed by atoms with Gasteiger partial charge >= 0.3 is 0 Å². The van der Waals surface area contributed by atoms with Crippen LogP contribution in [-0.4, -0.2) is 5.78 Å². The molecule has 0 N–H and O–H groups in total. The van der Waals surface area contributed by atoms with E-state index in [2.05, 4.69) is 6.92 Å². The van der Waals surface area contributed by atoms with Crippen molar-refractivity contribution in [3.05, 3.63) is 0 Å². The van der Waals surface area contributed by atoms with Gasteiger partial charge in [-0.25, -0.2) is 0 Å². The second-order valence-electron chi connectivity index (χ2n) is 6.40. The fourth-order valence-corrected chi connectivity index (χ4v) is 2.86. The molecule has 1 nitrogen and oxygen atoms in total. The molecule has 112 valence electrons. The molecule has 1 saturated carbocycles. The van der Waals surface area contributed by atoms with Gasteiger partial charge in [0.2, 0.25) is 0 Å². The van der Waals surface area contributed by atoms with E-state index in [1.165, 1.54) is 89.9 Å². The van der Waals surface area contributed by atoms with Crippen LogP contribution in [0.25, 0.3) is 0 Å². The van der Waals surface area contributed by atoms with Crippen molar-refractivity contribution in [2.45, 2.75) is 103 Å². The van der Waals surface area contributed by atoms with Gasteiger partial charge in [-0.05, 0) is 6.42 Å². The molecule has 1 rings (SSSR count). The highest BCUT2D eigenvalue weighted by Gasteiger charge is 2.33. The lowest BCUT2D eigenvalue weighted by molar-refractivity contribution is -0.111. The van der Waals surface area contributed by atoms with Crippen molar-refractivity contribution < 1.29 is 4.79 Å². The molecule has 0 radical (unpaired) electrons. The maximum Gasteiger partial charge on any atom is 0.137 e. The molecule has 1 aliphatic rings. The predicted molar refractivity (Wildman–Crippen MR) is 83.4 cm³/mol.